The second kappa shape index (κ2) is 11.9. The summed E-state index contributed by atoms with van der Waals surface area (Å²) in [5.74, 6) is -0.626. The molecule has 0 saturated carbocycles. The Morgan fingerprint density at radius 3 is 2.24 bits per heavy atom. The number of esters is 1. The van der Waals surface area contributed by atoms with Crippen LogP contribution in [0.15, 0.2) is 91.3 Å². The zero-order valence-electron chi connectivity index (χ0n) is 21.9. The SMILES string of the molecule is CCOC(=O)c1cnn2c(N(Cc3ccccc3)Cc3ccccc3)cc(Nc3cccnc3OC(F)(F)F)nc12. The van der Waals surface area contributed by atoms with Crippen LogP contribution < -0.4 is 15.0 Å². The average molecular weight is 563 g/mol. The standard InChI is InChI=1S/C29H25F3N6O3/c1-2-40-28(39)22-17-34-38-25(37(18-20-10-5-3-6-11-20)19-21-12-7-4-8-13-21)16-24(36-26(22)38)35-23-14-9-15-33-27(23)41-29(30,31)32/h3-17H,2,18-19H2,1H3,(H,35,36). The second-order valence-corrected chi connectivity index (χ2v) is 8.87. The van der Waals surface area contributed by atoms with Crippen molar-refractivity contribution in [1.29, 1.82) is 0 Å². The molecule has 5 aromatic rings. The van der Waals surface area contributed by atoms with Crippen molar-refractivity contribution in [2.45, 2.75) is 26.4 Å². The Hall–Kier alpha value is -5.13. The summed E-state index contributed by atoms with van der Waals surface area (Å²) >= 11 is 0. The molecule has 0 aliphatic rings. The number of carbonyl (C=O) groups is 1. The van der Waals surface area contributed by atoms with Gasteiger partial charge < -0.3 is 19.7 Å². The zero-order valence-corrected chi connectivity index (χ0v) is 21.9. The first-order valence-corrected chi connectivity index (χ1v) is 12.7. The molecule has 0 fully saturated rings. The van der Waals surface area contributed by atoms with E-state index in [4.69, 9.17) is 4.74 Å². The molecular weight excluding hydrogens is 537 g/mol. The number of rotatable bonds is 10. The molecule has 0 aliphatic heterocycles. The van der Waals surface area contributed by atoms with E-state index >= 15 is 0 Å². The van der Waals surface area contributed by atoms with Gasteiger partial charge in [-0.15, -0.1) is 13.2 Å². The van der Waals surface area contributed by atoms with Crippen molar-refractivity contribution in [3.05, 3.63) is 108 Å². The molecule has 0 atom stereocenters. The number of halogens is 3. The molecule has 5 rings (SSSR count). The van der Waals surface area contributed by atoms with Crippen LogP contribution in [0.4, 0.5) is 30.5 Å². The molecule has 0 bridgehead atoms. The summed E-state index contributed by atoms with van der Waals surface area (Å²) in [6, 6.07) is 24.0. The van der Waals surface area contributed by atoms with Gasteiger partial charge in [0.2, 0.25) is 5.88 Å². The van der Waals surface area contributed by atoms with Crippen LogP contribution in [0.1, 0.15) is 28.4 Å². The normalized spacial score (nSPS) is 11.3. The number of nitrogens with zero attached hydrogens (tertiary/aromatic N) is 5. The lowest BCUT2D eigenvalue weighted by atomic mass is 10.1. The van der Waals surface area contributed by atoms with E-state index in [1.54, 1.807) is 13.0 Å². The number of hydrogen-bond acceptors (Lipinski definition) is 8. The van der Waals surface area contributed by atoms with E-state index in [1.165, 1.54) is 29.0 Å². The molecule has 3 heterocycles. The summed E-state index contributed by atoms with van der Waals surface area (Å²) in [6.07, 6.45) is -2.40. The van der Waals surface area contributed by atoms with Crippen LogP contribution in [-0.4, -0.2) is 38.5 Å². The molecule has 0 saturated heterocycles. The van der Waals surface area contributed by atoms with Gasteiger partial charge >= 0.3 is 12.3 Å². The first-order valence-electron chi connectivity index (χ1n) is 12.7. The van der Waals surface area contributed by atoms with Gasteiger partial charge in [0.1, 0.15) is 22.9 Å². The van der Waals surface area contributed by atoms with Crippen molar-refractivity contribution in [2.75, 3.05) is 16.8 Å². The van der Waals surface area contributed by atoms with Gasteiger partial charge in [0.05, 0.1) is 12.8 Å². The summed E-state index contributed by atoms with van der Waals surface area (Å²) in [7, 11) is 0. The maximum absolute atomic E-state index is 13.0. The Bertz CT molecular complexity index is 1590. The van der Waals surface area contributed by atoms with E-state index in [2.05, 4.69) is 25.1 Å². The number of hydrogen-bond donors (Lipinski definition) is 1. The quantitative estimate of drug-likeness (QED) is 0.203. The molecule has 41 heavy (non-hydrogen) atoms. The molecule has 0 spiro atoms. The minimum atomic E-state index is -4.95. The average Bonchev–Trinajstić information content (AvgIpc) is 3.38. The third-order valence-corrected chi connectivity index (χ3v) is 5.95. The van der Waals surface area contributed by atoms with E-state index in [0.29, 0.717) is 18.9 Å². The molecule has 9 nitrogen and oxygen atoms in total. The summed E-state index contributed by atoms with van der Waals surface area (Å²) in [6.45, 7) is 2.74. The Kier molecular flexibility index (Phi) is 7.99. The summed E-state index contributed by atoms with van der Waals surface area (Å²) in [4.78, 5) is 23.0. The van der Waals surface area contributed by atoms with Gasteiger partial charge in [-0.1, -0.05) is 60.7 Å². The van der Waals surface area contributed by atoms with Gasteiger partial charge in [-0.25, -0.2) is 14.8 Å². The largest absolute Gasteiger partial charge is 0.574 e. The van der Waals surface area contributed by atoms with Crippen molar-refractivity contribution in [3.63, 3.8) is 0 Å². The Balaban J connectivity index is 1.64. The first-order chi connectivity index (χ1) is 19.8. The van der Waals surface area contributed by atoms with Crippen molar-refractivity contribution in [2.24, 2.45) is 0 Å². The predicted molar refractivity (Wildman–Crippen MR) is 146 cm³/mol. The fourth-order valence-corrected chi connectivity index (χ4v) is 4.23. The van der Waals surface area contributed by atoms with Crippen LogP contribution in [0.25, 0.3) is 5.65 Å². The highest BCUT2D eigenvalue weighted by atomic mass is 19.4. The molecule has 0 unspecified atom stereocenters. The van der Waals surface area contributed by atoms with Crippen LogP contribution in [0, 0.1) is 0 Å². The van der Waals surface area contributed by atoms with Crippen LogP contribution >= 0.6 is 0 Å². The highest BCUT2D eigenvalue weighted by Crippen LogP contribution is 2.32. The molecule has 12 heteroatoms. The molecule has 210 valence electrons. The lowest BCUT2D eigenvalue weighted by Crippen LogP contribution is -2.25. The number of nitrogens with one attached hydrogen (secondary N) is 1. The van der Waals surface area contributed by atoms with Gasteiger partial charge in [0.25, 0.3) is 0 Å². The highest BCUT2D eigenvalue weighted by Gasteiger charge is 2.33. The van der Waals surface area contributed by atoms with E-state index in [9.17, 15) is 18.0 Å². The number of benzene rings is 2. The number of ether oxygens (including phenoxy) is 2. The smallest absolute Gasteiger partial charge is 0.462 e. The van der Waals surface area contributed by atoms with E-state index < -0.39 is 18.2 Å². The lowest BCUT2D eigenvalue weighted by molar-refractivity contribution is -0.275. The number of pyridine rings is 1. The minimum Gasteiger partial charge on any atom is -0.462 e. The number of aromatic nitrogens is 4. The van der Waals surface area contributed by atoms with Crippen LogP contribution in [0.5, 0.6) is 5.88 Å². The van der Waals surface area contributed by atoms with Crippen LogP contribution in [-0.2, 0) is 17.8 Å². The van der Waals surface area contributed by atoms with Gasteiger partial charge in [-0.3, -0.25) is 0 Å². The van der Waals surface area contributed by atoms with Crippen molar-refractivity contribution in [1.82, 2.24) is 19.6 Å². The molecule has 1 N–H and O–H groups in total. The van der Waals surface area contributed by atoms with E-state index in [1.807, 2.05) is 65.6 Å². The van der Waals surface area contributed by atoms with Crippen molar-refractivity contribution >= 4 is 28.9 Å². The Morgan fingerprint density at radius 2 is 1.63 bits per heavy atom. The zero-order chi connectivity index (χ0) is 28.8. The number of alkyl halides is 3. The van der Waals surface area contributed by atoms with Gasteiger partial charge in [0.15, 0.2) is 5.65 Å². The minimum absolute atomic E-state index is 0.0671. The monoisotopic (exact) mass is 562 g/mol. The van der Waals surface area contributed by atoms with Crippen LogP contribution in [0.2, 0.25) is 0 Å². The van der Waals surface area contributed by atoms with Crippen molar-refractivity contribution in [3.8, 4) is 5.88 Å². The first kappa shape index (κ1) is 27.4. The topological polar surface area (TPSA) is 93.9 Å². The fraction of sp³-hybridized carbons (Fsp3) is 0.172. The lowest BCUT2D eigenvalue weighted by Gasteiger charge is -2.26. The fourth-order valence-electron chi connectivity index (χ4n) is 4.23. The van der Waals surface area contributed by atoms with Gasteiger partial charge in [-0.2, -0.15) is 9.61 Å². The van der Waals surface area contributed by atoms with E-state index in [-0.39, 0.29) is 29.3 Å². The maximum atomic E-state index is 13.0. The van der Waals surface area contributed by atoms with Gasteiger partial charge in [-0.05, 0) is 30.2 Å². The Labute approximate surface area is 233 Å². The third-order valence-electron chi connectivity index (χ3n) is 5.95. The maximum Gasteiger partial charge on any atom is 0.574 e. The van der Waals surface area contributed by atoms with Gasteiger partial charge in [0, 0.05) is 25.4 Å². The molecule has 2 aromatic carbocycles. The van der Waals surface area contributed by atoms with Crippen LogP contribution in [0.3, 0.4) is 0 Å². The third kappa shape index (κ3) is 6.72. The molecule has 3 aromatic heterocycles. The molecular formula is C29H25F3N6O3. The number of carbonyl (C=O) groups excluding carboxylic acids is 1. The number of anilines is 3. The summed E-state index contributed by atoms with van der Waals surface area (Å²) in [5.41, 5.74) is 2.22. The molecule has 0 amide bonds. The highest BCUT2D eigenvalue weighted by molar-refractivity contribution is 5.96. The predicted octanol–water partition coefficient (Wildman–Crippen LogP) is 6.15. The Morgan fingerprint density at radius 1 is 0.976 bits per heavy atom. The summed E-state index contributed by atoms with van der Waals surface area (Å²) < 4.78 is 50.0. The summed E-state index contributed by atoms with van der Waals surface area (Å²) in [5, 5.41) is 7.32. The molecule has 0 radical (unpaired) electrons. The van der Waals surface area contributed by atoms with E-state index in [0.717, 1.165) is 11.1 Å². The second-order valence-electron chi connectivity index (χ2n) is 8.87. The van der Waals surface area contributed by atoms with Crippen molar-refractivity contribution < 1.29 is 27.4 Å². The molecule has 0 aliphatic carbocycles. The number of fused-ring (bicyclic) bond motifs is 1.